The first kappa shape index (κ1) is 25.7. The van der Waals surface area contributed by atoms with E-state index in [1.54, 1.807) is 19.2 Å². The Morgan fingerprint density at radius 2 is 1.71 bits per heavy atom. The smallest absolute Gasteiger partial charge is 0.242 e. The van der Waals surface area contributed by atoms with Gasteiger partial charge in [0.2, 0.25) is 21.8 Å². The fourth-order valence-electron chi connectivity index (χ4n) is 3.71. The summed E-state index contributed by atoms with van der Waals surface area (Å²) in [7, 11) is 0.974. The Bertz CT molecular complexity index is 1090. The van der Waals surface area contributed by atoms with Gasteiger partial charge in [-0.05, 0) is 42.3 Å². The molecule has 34 heavy (non-hydrogen) atoms. The number of piperazine rings is 1. The number of hydrogen-bond donors (Lipinski definition) is 1. The second-order valence-corrected chi connectivity index (χ2v) is 10.5. The van der Waals surface area contributed by atoms with Crippen molar-refractivity contribution in [1.82, 2.24) is 14.1 Å². The number of benzene rings is 2. The molecule has 0 radical (unpaired) electrons. The van der Waals surface area contributed by atoms with Crippen molar-refractivity contribution in [2.45, 2.75) is 17.7 Å². The van der Waals surface area contributed by atoms with Crippen LogP contribution in [-0.2, 0) is 26.0 Å². The molecule has 0 atom stereocenters. The standard InChI is InChI=1S/C24H32N4O5S/c1-26(2)34(31,32)22-6-4-5-20(17-22)25-23(29)18-27-13-15-28(16-14-27)24(30)12-9-19-7-10-21(33-3)11-8-19/h4-8,10-11,17H,9,12-16,18H2,1-3H3,(H,25,29). The van der Waals surface area contributed by atoms with Gasteiger partial charge in [-0.15, -0.1) is 0 Å². The quantitative estimate of drug-likeness (QED) is 0.576. The maximum absolute atomic E-state index is 12.6. The summed E-state index contributed by atoms with van der Waals surface area (Å²) in [6.45, 7) is 2.54. The van der Waals surface area contributed by atoms with Crippen LogP contribution >= 0.6 is 0 Å². The number of carbonyl (C=O) groups is 2. The van der Waals surface area contributed by atoms with E-state index in [-0.39, 0.29) is 23.3 Å². The van der Waals surface area contributed by atoms with Crippen LogP contribution in [0.1, 0.15) is 12.0 Å². The molecule has 1 aliphatic heterocycles. The van der Waals surface area contributed by atoms with Crippen molar-refractivity contribution in [3.8, 4) is 5.75 Å². The molecule has 0 aromatic heterocycles. The lowest BCUT2D eigenvalue weighted by atomic mass is 10.1. The van der Waals surface area contributed by atoms with Crippen LogP contribution in [0, 0.1) is 0 Å². The highest BCUT2D eigenvalue weighted by molar-refractivity contribution is 7.89. The molecule has 2 aromatic carbocycles. The minimum absolute atomic E-state index is 0.110. The van der Waals surface area contributed by atoms with Gasteiger partial charge in [0.1, 0.15) is 5.75 Å². The summed E-state index contributed by atoms with van der Waals surface area (Å²) in [6.07, 6.45) is 1.12. The van der Waals surface area contributed by atoms with Crippen LogP contribution in [0.4, 0.5) is 5.69 Å². The summed E-state index contributed by atoms with van der Waals surface area (Å²) < 4.78 is 30.9. The largest absolute Gasteiger partial charge is 0.497 e. The topological polar surface area (TPSA) is 99.3 Å². The summed E-state index contributed by atoms with van der Waals surface area (Å²) in [6, 6.07) is 13.9. The maximum Gasteiger partial charge on any atom is 0.242 e. The fourth-order valence-corrected chi connectivity index (χ4v) is 4.65. The molecule has 184 valence electrons. The van der Waals surface area contributed by atoms with Crippen LogP contribution in [0.5, 0.6) is 5.75 Å². The molecule has 1 aliphatic rings. The summed E-state index contributed by atoms with van der Waals surface area (Å²) in [5.41, 5.74) is 1.52. The zero-order chi connectivity index (χ0) is 24.7. The van der Waals surface area contributed by atoms with Gasteiger partial charge in [-0.25, -0.2) is 12.7 Å². The van der Waals surface area contributed by atoms with E-state index < -0.39 is 10.0 Å². The number of aryl methyl sites for hydroxylation is 1. The van der Waals surface area contributed by atoms with Gasteiger partial charge < -0.3 is 15.0 Å². The van der Waals surface area contributed by atoms with E-state index in [2.05, 4.69) is 5.32 Å². The van der Waals surface area contributed by atoms with Gasteiger partial charge in [0.05, 0.1) is 18.6 Å². The molecule has 0 bridgehead atoms. The number of carbonyl (C=O) groups excluding carboxylic acids is 2. The third-order valence-corrected chi connectivity index (χ3v) is 7.59. The molecule has 0 unspecified atom stereocenters. The Morgan fingerprint density at radius 1 is 1.03 bits per heavy atom. The zero-order valence-corrected chi connectivity index (χ0v) is 20.7. The van der Waals surface area contributed by atoms with E-state index in [1.165, 1.54) is 26.2 Å². The van der Waals surface area contributed by atoms with Crippen molar-refractivity contribution in [3.05, 3.63) is 54.1 Å². The molecule has 10 heteroatoms. The van der Waals surface area contributed by atoms with E-state index in [9.17, 15) is 18.0 Å². The van der Waals surface area contributed by atoms with Crippen LogP contribution in [0.2, 0.25) is 0 Å². The summed E-state index contributed by atoms with van der Waals surface area (Å²) in [5.74, 6) is 0.680. The number of nitrogens with zero attached hydrogens (tertiary/aromatic N) is 3. The van der Waals surface area contributed by atoms with Crippen LogP contribution in [0.15, 0.2) is 53.4 Å². The monoisotopic (exact) mass is 488 g/mol. The van der Waals surface area contributed by atoms with Crippen LogP contribution in [0.3, 0.4) is 0 Å². The Labute approximate surface area is 201 Å². The van der Waals surface area contributed by atoms with Crippen molar-refractivity contribution >= 4 is 27.5 Å². The first-order valence-electron chi connectivity index (χ1n) is 11.1. The lowest BCUT2D eigenvalue weighted by molar-refractivity contribution is -0.133. The van der Waals surface area contributed by atoms with Crippen molar-refractivity contribution in [1.29, 1.82) is 0 Å². The van der Waals surface area contributed by atoms with Gasteiger partial charge in [0.15, 0.2) is 0 Å². The number of anilines is 1. The highest BCUT2D eigenvalue weighted by Gasteiger charge is 2.23. The third-order valence-electron chi connectivity index (χ3n) is 5.78. The molecule has 0 saturated carbocycles. The summed E-state index contributed by atoms with van der Waals surface area (Å²) in [5, 5.41) is 2.77. The number of rotatable bonds is 9. The molecule has 2 aromatic rings. The molecular formula is C24H32N4O5S. The number of amides is 2. The van der Waals surface area contributed by atoms with E-state index in [0.717, 1.165) is 15.6 Å². The molecule has 0 aliphatic carbocycles. The normalized spacial score (nSPS) is 14.8. The molecule has 2 amide bonds. The van der Waals surface area contributed by atoms with Crippen molar-refractivity contribution in [2.24, 2.45) is 0 Å². The van der Waals surface area contributed by atoms with Gasteiger partial charge in [-0.1, -0.05) is 18.2 Å². The van der Waals surface area contributed by atoms with Crippen LogP contribution in [0.25, 0.3) is 0 Å². The lowest BCUT2D eigenvalue weighted by Gasteiger charge is -2.34. The molecule has 1 heterocycles. The highest BCUT2D eigenvalue weighted by atomic mass is 32.2. The number of ether oxygens (including phenoxy) is 1. The first-order valence-corrected chi connectivity index (χ1v) is 12.6. The molecule has 0 spiro atoms. The summed E-state index contributed by atoms with van der Waals surface area (Å²) >= 11 is 0. The molecule has 1 saturated heterocycles. The highest BCUT2D eigenvalue weighted by Crippen LogP contribution is 2.18. The average Bonchev–Trinajstić information content (AvgIpc) is 2.83. The number of hydrogen-bond acceptors (Lipinski definition) is 6. The predicted octanol–water partition coefficient (Wildman–Crippen LogP) is 1.66. The average molecular weight is 489 g/mol. The minimum Gasteiger partial charge on any atom is -0.497 e. The molecule has 1 N–H and O–H groups in total. The first-order chi connectivity index (χ1) is 16.2. The van der Waals surface area contributed by atoms with E-state index in [0.29, 0.717) is 44.7 Å². The summed E-state index contributed by atoms with van der Waals surface area (Å²) in [4.78, 5) is 29.0. The molecule has 1 fully saturated rings. The van der Waals surface area contributed by atoms with Crippen molar-refractivity contribution in [2.75, 3.05) is 59.2 Å². The molecule has 9 nitrogen and oxygen atoms in total. The second kappa shape index (κ2) is 11.5. The van der Waals surface area contributed by atoms with Gasteiger partial charge in [-0.3, -0.25) is 14.5 Å². The second-order valence-electron chi connectivity index (χ2n) is 8.37. The SMILES string of the molecule is COc1ccc(CCC(=O)N2CCN(CC(=O)Nc3cccc(S(=O)(=O)N(C)C)c3)CC2)cc1. The minimum atomic E-state index is -3.57. The van der Waals surface area contributed by atoms with E-state index in [1.807, 2.05) is 34.1 Å². The Morgan fingerprint density at radius 3 is 2.32 bits per heavy atom. The third kappa shape index (κ3) is 6.78. The Hall–Kier alpha value is -2.95. The lowest BCUT2D eigenvalue weighted by Crippen LogP contribution is -2.50. The number of sulfonamides is 1. The van der Waals surface area contributed by atoms with E-state index >= 15 is 0 Å². The van der Waals surface area contributed by atoms with Crippen LogP contribution < -0.4 is 10.1 Å². The van der Waals surface area contributed by atoms with Crippen molar-refractivity contribution < 1.29 is 22.7 Å². The van der Waals surface area contributed by atoms with Gasteiger partial charge in [-0.2, -0.15) is 0 Å². The maximum atomic E-state index is 12.6. The Balaban J connectivity index is 1.44. The van der Waals surface area contributed by atoms with Gasteiger partial charge >= 0.3 is 0 Å². The van der Waals surface area contributed by atoms with Gasteiger partial charge in [0, 0.05) is 52.4 Å². The van der Waals surface area contributed by atoms with Crippen molar-refractivity contribution in [3.63, 3.8) is 0 Å². The number of methoxy groups -OCH3 is 1. The predicted molar refractivity (Wildman–Crippen MR) is 130 cm³/mol. The number of nitrogens with one attached hydrogen (secondary N) is 1. The zero-order valence-electron chi connectivity index (χ0n) is 19.9. The van der Waals surface area contributed by atoms with Crippen LogP contribution in [-0.4, -0.2) is 88.3 Å². The van der Waals surface area contributed by atoms with E-state index in [4.69, 9.17) is 4.74 Å². The fraction of sp³-hybridized carbons (Fsp3) is 0.417. The van der Waals surface area contributed by atoms with Gasteiger partial charge in [0.25, 0.3) is 0 Å². The molecular weight excluding hydrogens is 456 g/mol. The Kier molecular flexibility index (Phi) is 8.65. The molecule has 3 rings (SSSR count).